The fraction of sp³-hybridized carbons (Fsp3) is 0.433. The summed E-state index contributed by atoms with van der Waals surface area (Å²) < 4.78 is 23.8. The van der Waals surface area contributed by atoms with Crippen LogP contribution >= 0.6 is 0 Å². The van der Waals surface area contributed by atoms with Gasteiger partial charge in [0.05, 0.1) is 6.07 Å². The third kappa shape index (κ3) is 53.6. The number of Topliss-reactive ketones (excluding diaryl/α,β-unsaturated/α-hetero) is 3. The van der Waals surface area contributed by atoms with Gasteiger partial charge in [-0.1, -0.05) is 49.2 Å². The Morgan fingerprint density at radius 3 is 1.29 bits per heavy atom. The number of hydrogen-bond donors (Lipinski definition) is 1. The minimum atomic E-state index is -0.833. The molecular formula is C30H43F2NO5. The number of nitriles is 1. The highest BCUT2D eigenvalue weighted by molar-refractivity contribution is 5.78. The van der Waals surface area contributed by atoms with Gasteiger partial charge in [0.2, 0.25) is 0 Å². The van der Waals surface area contributed by atoms with E-state index in [1.165, 1.54) is 32.8 Å². The Kier molecular flexibility index (Phi) is 34.1. The van der Waals surface area contributed by atoms with Crippen molar-refractivity contribution in [2.75, 3.05) is 0 Å². The number of ketones is 3. The van der Waals surface area contributed by atoms with E-state index in [0.717, 1.165) is 56.9 Å². The van der Waals surface area contributed by atoms with Crippen LogP contribution in [-0.2, 0) is 19.2 Å². The predicted molar refractivity (Wildman–Crippen MR) is 148 cm³/mol. The first kappa shape index (κ1) is 41.4. The Morgan fingerprint density at radius 2 is 1.13 bits per heavy atom. The van der Waals surface area contributed by atoms with Crippen LogP contribution in [0.5, 0.6) is 0 Å². The largest absolute Gasteiger partial charge is 0.481 e. The first-order valence-electron chi connectivity index (χ1n) is 12.1. The topological polar surface area (TPSA) is 112 Å². The maximum absolute atomic E-state index is 11.9. The number of halogens is 2. The highest BCUT2D eigenvalue weighted by Crippen LogP contribution is 2.12. The molecule has 1 fully saturated rings. The van der Waals surface area contributed by atoms with Gasteiger partial charge < -0.3 is 14.7 Å². The van der Waals surface area contributed by atoms with Gasteiger partial charge in [0.15, 0.2) is 0 Å². The number of nitrogens with zero attached hydrogens (tertiary/aromatic N) is 1. The number of carbonyl (C=O) groups is 4. The lowest BCUT2D eigenvalue weighted by Crippen LogP contribution is -2.02. The van der Waals surface area contributed by atoms with Crippen LogP contribution in [0.4, 0.5) is 8.78 Å². The lowest BCUT2D eigenvalue weighted by Gasteiger charge is -2.05. The van der Waals surface area contributed by atoms with Crippen molar-refractivity contribution in [3.05, 3.63) is 71.8 Å². The zero-order valence-corrected chi connectivity index (χ0v) is 23.7. The molecule has 8 heteroatoms. The summed E-state index contributed by atoms with van der Waals surface area (Å²) in [5.74, 6) is -0.769. The van der Waals surface area contributed by atoms with Crippen molar-refractivity contribution >= 4 is 23.3 Å². The molecule has 1 aliphatic carbocycles. The number of benzene rings is 2. The average Bonchev–Trinajstić information content (AvgIpc) is 2.83. The Hall–Kier alpha value is -3.73. The molecule has 0 unspecified atom stereocenters. The second-order valence-electron chi connectivity index (χ2n) is 7.90. The van der Waals surface area contributed by atoms with E-state index in [1.807, 2.05) is 25.1 Å². The monoisotopic (exact) mass is 535 g/mol. The minimum absolute atomic E-state index is 0.167. The van der Waals surface area contributed by atoms with Crippen LogP contribution in [0.1, 0.15) is 85.6 Å². The first-order valence-corrected chi connectivity index (χ1v) is 12.1. The predicted octanol–water partition coefficient (Wildman–Crippen LogP) is 7.68. The molecule has 0 heterocycles. The molecule has 0 bridgehead atoms. The smallest absolute Gasteiger partial charge is 0.300 e. The molecular weight excluding hydrogens is 492 g/mol. The Morgan fingerprint density at radius 1 is 0.842 bits per heavy atom. The number of hydrogen-bond acceptors (Lipinski definition) is 5. The normalized spacial score (nSPS) is 10.3. The van der Waals surface area contributed by atoms with E-state index in [4.69, 9.17) is 15.2 Å². The van der Waals surface area contributed by atoms with Gasteiger partial charge in [0.1, 0.15) is 29.0 Å². The zero-order valence-electron chi connectivity index (χ0n) is 23.7. The van der Waals surface area contributed by atoms with Crippen LogP contribution in [0.3, 0.4) is 0 Å². The van der Waals surface area contributed by atoms with E-state index < -0.39 is 17.6 Å². The summed E-state index contributed by atoms with van der Waals surface area (Å²) in [7, 11) is 0. The summed E-state index contributed by atoms with van der Waals surface area (Å²) in [5, 5.41) is 14.7. The minimum Gasteiger partial charge on any atom is -0.481 e. The van der Waals surface area contributed by atoms with E-state index in [-0.39, 0.29) is 11.6 Å². The molecule has 1 aliphatic rings. The number of carboxylic acids is 1. The summed E-state index contributed by atoms with van der Waals surface area (Å²) >= 11 is 0. The van der Waals surface area contributed by atoms with Gasteiger partial charge in [0, 0.05) is 33.1 Å². The molecule has 2 aromatic rings. The molecule has 0 radical (unpaired) electrons. The summed E-state index contributed by atoms with van der Waals surface area (Å²) in [6.07, 6.45) is 5.91. The molecule has 0 aliphatic heterocycles. The van der Waals surface area contributed by atoms with Gasteiger partial charge in [-0.15, -0.1) is 0 Å². The molecule has 6 nitrogen and oxygen atoms in total. The summed E-state index contributed by atoms with van der Waals surface area (Å²) in [4.78, 5) is 38.7. The SMILES string of the molecule is CC#N.CC(=O)O.CC(C)=O.CCC(C)=O.Cc1ccccc1.Fc1ccc(F)cc1.O=C1CCCCC1. The number of aryl methyl sites for hydroxylation is 1. The maximum atomic E-state index is 11.9. The van der Waals surface area contributed by atoms with E-state index in [9.17, 15) is 23.2 Å². The summed E-state index contributed by atoms with van der Waals surface area (Å²) in [6, 6.07) is 16.3. The first-order chi connectivity index (χ1) is 17.7. The van der Waals surface area contributed by atoms with E-state index in [2.05, 4.69) is 19.1 Å². The van der Waals surface area contributed by atoms with Crippen LogP contribution in [0.2, 0.25) is 0 Å². The molecule has 1 saturated carbocycles. The quantitative estimate of drug-likeness (QED) is 0.401. The molecule has 3 rings (SSSR count). The molecule has 0 amide bonds. The number of carboxylic acid groups (broad SMARTS) is 1. The van der Waals surface area contributed by atoms with Crippen molar-refractivity contribution in [1.82, 2.24) is 0 Å². The summed E-state index contributed by atoms with van der Waals surface area (Å²) in [5.41, 5.74) is 1.32. The van der Waals surface area contributed by atoms with Crippen molar-refractivity contribution in [2.45, 2.75) is 87.0 Å². The van der Waals surface area contributed by atoms with Crippen LogP contribution < -0.4 is 0 Å². The van der Waals surface area contributed by atoms with Crippen molar-refractivity contribution < 1.29 is 33.1 Å². The third-order valence-electron chi connectivity index (χ3n) is 3.65. The lowest BCUT2D eigenvalue weighted by atomic mass is 10.00. The van der Waals surface area contributed by atoms with Crippen molar-refractivity contribution in [3.63, 3.8) is 0 Å². The van der Waals surface area contributed by atoms with Gasteiger partial charge in [-0.05, 0) is 64.8 Å². The molecule has 38 heavy (non-hydrogen) atoms. The molecule has 212 valence electrons. The highest BCUT2D eigenvalue weighted by Gasteiger charge is 2.05. The number of aliphatic carboxylic acids is 1. The van der Waals surface area contributed by atoms with Gasteiger partial charge >= 0.3 is 0 Å². The molecule has 1 N–H and O–H groups in total. The molecule has 0 aromatic heterocycles. The molecule has 2 aromatic carbocycles. The zero-order chi connectivity index (χ0) is 30.4. The van der Waals surface area contributed by atoms with Gasteiger partial charge in [-0.2, -0.15) is 5.26 Å². The maximum Gasteiger partial charge on any atom is 0.300 e. The second kappa shape index (κ2) is 31.3. The van der Waals surface area contributed by atoms with E-state index in [0.29, 0.717) is 12.2 Å². The van der Waals surface area contributed by atoms with E-state index >= 15 is 0 Å². The summed E-state index contributed by atoms with van der Waals surface area (Å²) in [6.45, 7) is 11.1. The lowest BCUT2D eigenvalue weighted by molar-refractivity contribution is -0.134. The van der Waals surface area contributed by atoms with Crippen LogP contribution in [-0.4, -0.2) is 28.4 Å². The van der Waals surface area contributed by atoms with Gasteiger partial charge in [0.25, 0.3) is 5.97 Å². The fourth-order valence-corrected chi connectivity index (χ4v) is 1.91. The van der Waals surface area contributed by atoms with Crippen molar-refractivity contribution in [3.8, 4) is 6.07 Å². The van der Waals surface area contributed by atoms with Gasteiger partial charge in [-0.25, -0.2) is 8.78 Å². The number of rotatable bonds is 1. The molecule has 0 atom stereocenters. The molecule has 0 spiro atoms. The van der Waals surface area contributed by atoms with Crippen molar-refractivity contribution in [1.29, 1.82) is 5.26 Å². The second-order valence-corrected chi connectivity index (χ2v) is 7.90. The Bertz CT molecular complexity index is 859. The standard InChI is InChI=1S/C7H8.C6H4F2.C6H10O.C4H8O.C3H6O.C2H3N.C2H4O2/c1-7-5-3-2-4-6-7;7-5-1-2-6(8)4-3-5;7-6-4-2-1-3-5-6;1-3-4(2)5;1-3(2)4;1-2-3;1-2(3)4/h2-6H,1H3;1-4H;1-5H2;3H2,1-2H3;1-2H3;1H3;1H3,(H,3,4). The fourth-order valence-electron chi connectivity index (χ4n) is 1.91. The van der Waals surface area contributed by atoms with Crippen LogP contribution in [0, 0.1) is 29.9 Å². The number of carbonyl (C=O) groups excluding carboxylic acids is 3. The average molecular weight is 536 g/mol. The van der Waals surface area contributed by atoms with Gasteiger partial charge in [-0.3, -0.25) is 9.59 Å². The Labute approximate surface area is 226 Å². The van der Waals surface area contributed by atoms with E-state index in [1.54, 1.807) is 13.0 Å². The van der Waals surface area contributed by atoms with Crippen molar-refractivity contribution in [2.24, 2.45) is 0 Å². The molecule has 0 saturated heterocycles. The van der Waals surface area contributed by atoms with Crippen LogP contribution in [0.25, 0.3) is 0 Å². The highest BCUT2D eigenvalue weighted by atomic mass is 19.1. The third-order valence-corrected chi connectivity index (χ3v) is 3.65. The Balaban J connectivity index is -0.000000182. The van der Waals surface area contributed by atoms with Crippen LogP contribution in [0.15, 0.2) is 54.6 Å².